The molecule has 0 bridgehead atoms. The molecule has 1 fully saturated rings. The van der Waals surface area contributed by atoms with Gasteiger partial charge in [0.2, 0.25) is 9.05 Å². The zero-order valence-electron chi connectivity index (χ0n) is 69.7. The molecule has 0 saturated carbocycles. The van der Waals surface area contributed by atoms with E-state index in [9.17, 15) is 43.3 Å². The number of pyridine rings is 7. The first-order valence-corrected chi connectivity index (χ1v) is 55.0. The van der Waals surface area contributed by atoms with Crippen molar-refractivity contribution in [2.45, 2.75) is 86.6 Å². The maximum Gasteiger partial charge on any atom is 0.137 e. The number of hydrogen-bond donors (Lipinski definition) is 6. The summed E-state index contributed by atoms with van der Waals surface area (Å²) in [5, 5.41) is 31.9. The van der Waals surface area contributed by atoms with E-state index in [0.717, 1.165) is 73.0 Å². The van der Waals surface area contributed by atoms with E-state index in [4.69, 9.17) is 105 Å². The van der Waals surface area contributed by atoms with Gasteiger partial charge < -0.3 is 44.1 Å². The van der Waals surface area contributed by atoms with Gasteiger partial charge in [0.1, 0.15) is 22.6 Å². The van der Waals surface area contributed by atoms with Crippen LogP contribution in [0.15, 0.2) is 271 Å². The van der Waals surface area contributed by atoms with Crippen molar-refractivity contribution in [3.05, 3.63) is 298 Å². The summed E-state index contributed by atoms with van der Waals surface area (Å²) in [7, 11) is -6.42. The van der Waals surface area contributed by atoms with E-state index in [-0.39, 0.29) is 79.1 Å². The van der Waals surface area contributed by atoms with Crippen LogP contribution in [0.25, 0.3) is 77.6 Å². The molecule has 3 aliphatic rings. The number of fused-ring (bicyclic) bond motifs is 7. The second kappa shape index (κ2) is 50.6. The fraction of sp³-hybridized carbons (Fsp3) is 0.188. The molecule has 1 saturated heterocycles. The Labute approximate surface area is 800 Å². The van der Waals surface area contributed by atoms with Crippen LogP contribution in [-0.2, 0) is 47.6 Å². The molecule has 0 aliphatic carbocycles. The van der Waals surface area contributed by atoms with Crippen LogP contribution in [0.2, 0.25) is 41.7 Å². The number of carbonyl (C=O) groups excluding carboxylic acids is 2. The van der Waals surface area contributed by atoms with Crippen LogP contribution in [0.3, 0.4) is 0 Å². The van der Waals surface area contributed by atoms with E-state index >= 15 is 0 Å². The fourth-order valence-electron chi connectivity index (χ4n) is 13.3. The third kappa shape index (κ3) is 28.3. The molecule has 129 heavy (non-hydrogen) atoms. The van der Waals surface area contributed by atoms with Gasteiger partial charge in [0, 0.05) is 145 Å². The number of nitrogens with zero attached hydrogens (tertiary/aromatic N) is 11. The Kier molecular flexibility index (Phi) is 41.3. The van der Waals surface area contributed by atoms with E-state index in [0.29, 0.717) is 91.4 Å². The van der Waals surface area contributed by atoms with Gasteiger partial charge >= 0.3 is 39.3 Å². The normalized spacial score (nSPS) is 12.1. The summed E-state index contributed by atoms with van der Waals surface area (Å²) in [6, 6.07) is 48.2. The Hall–Kier alpha value is -9.03. The smallest absolute Gasteiger partial charge is 0.137 e. The summed E-state index contributed by atoms with van der Waals surface area (Å²) in [6.45, 7) is 14.9. The molecule has 686 valence electrons. The van der Waals surface area contributed by atoms with Crippen LogP contribution in [0.5, 0.6) is 0 Å². The molecule has 3 aliphatic heterocycles. The second-order valence-corrected chi connectivity index (χ2v) is 48.7. The van der Waals surface area contributed by atoms with E-state index < -0.39 is 52.7 Å². The van der Waals surface area contributed by atoms with Crippen molar-refractivity contribution in [2.24, 2.45) is 0 Å². The number of hydrogen-bond acceptors (Lipinski definition) is 22. The van der Waals surface area contributed by atoms with E-state index in [2.05, 4.69) is 119 Å². The van der Waals surface area contributed by atoms with Crippen LogP contribution >= 0.6 is 96.2 Å². The van der Waals surface area contributed by atoms with Gasteiger partial charge in [0.05, 0.1) is 83.6 Å². The average molecular weight is 2150 g/mol. The van der Waals surface area contributed by atoms with E-state index in [1.807, 2.05) is 61.1 Å². The second-order valence-electron chi connectivity index (χ2n) is 27.5. The van der Waals surface area contributed by atoms with Crippen molar-refractivity contribution in [1.82, 2.24) is 66.7 Å². The molecule has 12 aromatic heterocycles. The number of aliphatic hydroxyl groups is 2. The van der Waals surface area contributed by atoms with Gasteiger partial charge in [-0.25, -0.2) is 76.5 Å². The molecule has 6 N–H and O–H groups in total. The SMILES string of the molecule is C.CC(C)[Si](C(C)C)(C(C)C)n1ccc2c(Cl)ccnc21.CS(=O)(=O)Cl.Clc1ccnc2[nH]ccc12.O=Cc1cnc2[nH]ccc2c1Cl.O=Cc1cnc2c(ccn2S(=O)(=O)c2ccccc2)c1Cl.O=S(=O)(Cl)c1ccccc1.O=S(=O)(c1ccccc1)n1ccc2c(Cl)c(C3OCCO3)cnc21.OCCO.On1cccc2ccnc1-2.[3H][I-]PCl.c1cnc2[nH]ccc2c1. The number of H-pyrrole nitrogens is 3. The Bertz CT molecular complexity index is 6890. The van der Waals surface area contributed by atoms with E-state index in [1.54, 1.807) is 110 Å². The predicted molar refractivity (Wildman–Crippen MR) is 515 cm³/mol. The Morgan fingerprint density at radius 3 is 1.43 bits per heavy atom. The van der Waals surface area contributed by atoms with Crippen molar-refractivity contribution >= 4 is 221 Å². The monoisotopic (exact) mass is 2140 g/mol. The van der Waals surface area contributed by atoms with Gasteiger partial charge in [-0.05, 0) is 138 Å². The minimum absolute atomic E-state index is 0. The summed E-state index contributed by atoms with van der Waals surface area (Å²) in [4.78, 5) is 59.7. The Morgan fingerprint density at radius 1 is 0.504 bits per heavy atom. The van der Waals surface area contributed by atoms with Gasteiger partial charge in [-0.3, -0.25) is 9.59 Å². The van der Waals surface area contributed by atoms with Crippen molar-refractivity contribution in [3.8, 4) is 11.4 Å². The van der Waals surface area contributed by atoms with Gasteiger partial charge in [0.15, 0.2) is 44.2 Å². The standard InChI is InChI=1S/C16H13ClN2O4S.C16H25ClN2Si.C14H9ClN2O3S.C8H5ClN2O.C7H5ClN2.C7H6N2O.C7H6N2.C6H5ClO2S.C2H6O2.CH3ClO2S.CH4.ClH2IP/c17-14-12-6-7-19(24(20,21)11-4-2-1-3-5-11)15(12)18-10-13(14)16-22-8-9-23-16;1-11(2)20(12(3)4,13(5)6)19-10-8-14-15(17)7-9-18-16(14)19;15-13-10(9-18)8-16-14-12(13)6-7-17(14)21(19,20)11-4-2-1-3-5-11;9-7-5(4-12)3-11-8-6(7)1-2-10-8;8-6-2-4-10-7-5(6)1-3-9-7;10-9-5-1-2-6-3-4-8-7(6)9;1-2-6-3-5-9-7(6)8-4-1;7-10(8,9)6-4-2-1-3-5-6;3-1-2-4;1-5(2,3)4;;1-3-2/h1-7,10,16H,8-9H2;7-13H,1-6H3;1-9H;1-4H,(H,10,11);1-4H,(H,9,10);1-5,10H;1-5H,(H,8,9);1-5H;3-4H,1-2H2;1H3;1H4;2-3H/q;;;;;;;;;;;-1/i;;;;;;;;;;;2T. The molecule has 29 nitrogen and oxygen atoms in total. The van der Waals surface area contributed by atoms with Crippen LogP contribution < -0.4 is 21.8 Å². The van der Waals surface area contributed by atoms with Crippen LogP contribution in [0.1, 0.15) is 81.5 Å². The minimum atomic E-state index is -3.75. The number of rotatable bonds is 14. The number of benzene rings is 3. The average Bonchev–Trinajstić information content (AvgIpc) is 1.51. The molecule has 0 radical (unpaired) electrons. The first-order chi connectivity index (χ1) is 61.4. The maximum absolute atomic E-state index is 12.8. The molecule has 18 rings (SSSR count). The van der Waals surface area contributed by atoms with Gasteiger partial charge in [-0.2, -0.15) is 4.73 Å². The number of halogens is 9. The topological polar surface area (TPSA) is 407 Å². The molecule has 1 atom stereocenters. The Morgan fingerprint density at radius 2 is 0.946 bits per heavy atom. The predicted octanol–water partition coefficient (Wildman–Crippen LogP) is 17.9. The maximum atomic E-state index is 12.8. The number of aldehydes is 2. The van der Waals surface area contributed by atoms with Crippen molar-refractivity contribution in [2.75, 3.05) is 32.7 Å². The van der Waals surface area contributed by atoms with Crippen molar-refractivity contribution in [1.29, 1.82) is 0.594 Å². The zero-order chi connectivity index (χ0) is 94.4. The van der Waals surface area contributed by atoms with Crippen molar-refractivity contribution < 1.29 is 90.0 Å². The van der Waals surface area contributed by atoms with E-state index in [1.165, 1.54) is 73.4 Å². The summed E-state index contributed by atoms with van der Waals surface area (Å²) in [5.74, 6) is 0.600. The fourth-order valence-corrected chi connectivity index (χ4v) is 24.4. The van der Waals surface area contributed by atoms with Gasteiger partial charge in [-0.1, -0.05) is 162 Å². The molecule has 44 heteroatoms. The summed E-state index contributed by atoms with van der Waals surface area (Å²) in [6.07, 6.45) is 24.8. The molecule has 15 heterocycles. The van der Waals surface area contributed by atoms with Gasteiger partial charge in [-0.15, -0.1) is 0 Å². The number of nitrogens with one attached hydrogen (secondary N) is 3. The van der Waals surface area contributed by atoms with Crippen LogP contribution in [-0.4, -0.2) is 170 Å². The number of aromatic amines is 3. The molecule has 1 unspecified atom stereocenters. The van der Waals surface area contributed by atoms with Crippen LogP contribution in [0, 0.1) is 0 Å². The number of ether oxygens (including phenoxy) is 2. The third-order valence-electron chi connectivity index (χ3n) is 18.6. The molecule has 0 spiro atoms. The minimum Gasteiger partial charge on any atom is -0.346 e. The molecular formula is C85H89Cl8IN14O15PS4Si-. The first kappa shape index (κ1) is 105. The molecular weight excluding hydrogens is 2050 g/mol. The number of aliphatic hydroxyl groups excluding tert-OH is 2. The summed E-state index contributed by atoms with van der Waals surface area (Å²) < 4.78 is 114. The quantitative estimate of drug-likeness (QED) is 0.0147. The van der Waals surface area contributed by atoms with Crippen LogP contribution in [0.4, 0.5) is 0 Å². The molecule has 3 aromatic carbocycles. The van der Waals surface area contributed by atoms with Gasteiger partial charge in [0.25, 0.3) is 29.1 Å². The first-order valence-electron chi connectivity index (χ1n) is 38.3. The largest absolute Gasteiger partial charge is 0.346 e. The number of carbonyl (C=O) groups is 2. The Balaban J connectivity index is 0.000000203. The van der Waals surface area contributed by atoms with Crippen molar-refractivity contribution in [3.63, 3.8) is 0 Å². The zero-order valence-corrected chi connectivity index (χ0v) is 82.2. The summed E-state index contributed by atoms with van der Waals surface area (Å²) in [5.41, 5.74) is 8.54. The molecule has 0 amide bonds. The number of aromatic nitrogens is 14. The molecule has 15 aromatic rings. The third-order valence-corrected chi connectivity index (χ3v) is 32.0. The summed E-state index contributed by atoms with van der Waals surface area (Å²) >= 11 is 35.3.